The highest BCUT2D eigenvalue weighted by Crippen LogP contribution is 2.24. The number of ether oxygens (including phenoxy) is 3. The number of carbonyl (C=O) groups is 2. The number of alkyl carbamates (subject to hydrolysis) is 1. The van der Waals surface area contributed by atoms with Crippen LogP contribution in [0.4, 0.5) is 10.5 Å². The van der Waals surface area contributed by atoms with Crippen LogP contribution in [0.3, 0.4) is 0 Å². The van der Waals surface area contributed by atoms with Crippen molar-refractivity contribution < 1.29 is 23.8 Å². The molecular formula is C22H27IN2O5. The quantitative estimate of drug-likeness (QED) is 0.391. The van der Waals surface area contributed by atoms with E-state index in [4.69, 9.17) is 14.2 Å². The molecule has 0 radical (unpaired) electrons. The van der Waals surface area contributed by atoms with E-state index in [2.05, 4.69) is 33.2 Å². The normalized spacial score (nSPS) is 12.0. The van der Waals surface area contributed by atoms with Crippen LogP contribution in [0.5, 0.6) is 5.75 Å². The van der Waals surface area contributed by atoms with E-state index in [-0.39, 0.29) is 19.1 Å². The lowest BCUT2D eigenvalue weighted by molar-refractivity contribution is -0.127. The first-order valence-electron chi connectivity index (χ1n) is 9.47. The second kappa shape index (κ2) is 11.2. The van der Waals surface area contributed by atoms with Crippen LogP contribution in [0.15, 0.2) is 48.5 Å². The van der Waals surface area contributed by atoms with Crippen LogP contribution in [-0.4, -0.2) is 37.9 Å². The zero-order valence-electron chi connectivity index (χ0n) is 17.5. The van der Waals surface area contributed by atoms with Crippen molar-refractivity contribution in [1.82, 2.24) is 5.32 Å². The average Bonchev–Trinajstić information content (AvgIpc) is 2.66. The van der Waals surface area contributed by atoms with Gasteiger partial charge < -0.3 is 24.8 Å². The van der Waals surface area contributed by atoms with E-state index in [0.29, 0.717) is 17.0 Å². The molecule has 30 heavy (non-hydrogen) atoms. The van der Waals surface area contributed by atoms with Crippen LogP contribution in [-0.2, 0) is 14.3 Å². The van der Waals surface area contributed by atoms with Gasteiger partial charge in [0.15, 0.2) is 6.10 Å². The third-order valence-electron chi connectivity index (χ3n) is 3.78. The van der Waals surface area contributed by atoms with E-state index in [1.807, 2.05) is 24.3 Å². The van der Waals surface area contributed by atoms with E-state index in [9.17, 15) is 9.59 Å². The third kappa shape index (κ3) is 8.19. The van der Waals surface area contributed by atoms with Crippen LogP contribution in [0, 0.1) is 3.57 Å². The largest absolute Gasteiger partial charge is 0.497 e. The molecule has 2 N–H and O–H groups in total. The summed E-state index contributed by atoms with van der Waals surface area (Å²) in [6.45, 7) is 5.69. The van der Waals surface area contributed by atoms with E-state index in [1.165, 1.54) is 0 Å². The van der Waals surface area contributed by atoms with Crippen molar-refractivity contribution in [2.45, 2.75) is 32.5 Å². The number of amides is 2. The van der Waals surface area contributed by atoms with E-state index in [1.54, 1.807) is 52.1 Å². The van der Waals surface area contributed by atoms with Crippen molar-refractivity contribution in [1.29, 1.82) is 0 Å². The van der Waals surface area contributed by atoms with Gasteiger partial charge in [-0.05, 0) is 79.3 Å². The summed E-state index contributed by atoms with van der Waals surface area (Å²) < 4.78 is 17.3. The second-order valence-corrected chi connectivity index (χ2v) is 8.70. The lowest BCUT2D eigenvalue weighted by Gasteiger charge is -2.21. The van der Waals surface area contributed by atoms with Crippen LogP contribution < -0.4 is 15.4 Å². The molecule has 1 unspecified atom stereocenters. The molecule has 2 amide bonds. The summed E-state index contributed by atoms with van der Waals surface area (Å²) >= 11 is 2.18. The van der Waals surface area contributed by atoms with Gasteiger partial charge in [0.1, 0.15) is 11.4 Å². The zero-order chi connectivity index (χ0) is 22.1. The van der Waals surface area contributed by atoms with Gasteiger partial charge in [0.25, 0.3) is 5.91 Å². The summed E-state index contributed by atoms with van der Waals surface area (Å²) in [5.74, 6) is 0.303. The molecule has 0 saturated carbocycles. The summed E-state index contributed by atoms with van der Waals surface area (Å²) in [5.41, 5.74) is 0.742. The van der Waals surface area contributed by atoms with E-state index >= 15 is 0 Å². The molecule has 1 atom stereocenters. The van der Waals surface area contributed by atoms with Gasteiger partial charge in [-0.15, -0.1) is 0 Å². The molecule has 0 saturated heterocycles. The van der Waals surface area contributed by atoms with Crippen molar-refractivity contribution in [2.24, 2.45) is 0 Å². The van der Waals surface area contributed by atoms with Gasteiger partial charge in [-0.3, -0.25) is 4.79 Å². The Bertz CT molecular complexity index is 867. The SMILES string of the molecule is COc1cccc(C(OCCNC(=O)OC(C)(C)C)C(=O)Nc2cccc(I)c2)c1. The van der Waals surface area contributed by atoms with Crippen LogP contribution in [0.2, 0.25) is 0 Å². The lowest BCUT2D eigenvalue weighted by atomic mass is 10.1. The number of halogens is 1. The molecule has 2 aromatic carbocycles. The van der Waals surface area contributed by atoms with Crippen LogP contribution in [0.1, 0.15) is 32.4 Å². The second-order valence-electron chi connectivity index (χ2n) is 7.46. The Kier molecular flexibility index (Phi) is 8.91. The number of hydrogen-bond acceptors (Lipinski definition) is 5. The predicted octanol–water partition coefficient (Wildman–Crippen LogP) is 4.52. The summed E-state index contributed by atoms with van der Waals surface area (Å²) in [6, 6.07) is 14.6. The first-order chi connectivity index (χ1) is 14.2. The molecule has 0 aromatic heterocycles. The van der Waals surface area contributed by atoms with Gasteiger partial charge in [0.2, 0.25) is 0 Å². The molecular weight excluding hydrogens is 499 g/mol. The predicted molar refractivity (Wildman–Crippen MR) is 124 cm³/mol. The fraction of sp³-hybridized carbons (Fsp3) is 0.364. The molecule has 0 fully saturated rings. The maximum Gasteiger partial charge on any atom is 0.407 e. The number of nitrogens with one attached hydrogen (secondary N) is 2. The Hall–Kier alpha value is -2.33. The number of anilines is 1. The van der Waals surface area contributed by atoms with Gasteiger partial charge in [-0.25, -0.2) is 4.79 Å². The smallest absolute Gasteiger partial charge is 0.407 e. The Morgan fingerprint density at radius 3 is 2.50 bits per heavy atom. The number of hydrogen-bond donors (Lipinski definition) is 2. The van der Waals surface area contributed by atoms with E-state index in [0.717, 1.165) is 3.57 Å². The fourth-order valence-electron chi connectivity index (χ4n) is 2.55. The summed E-state index contributed by atoms with van der Waals surface area (Å²) in [5, 5.41) is 5.50. The molecule has 0 bridgehead atoms. The Labute approximate surface area is 190 Å². The average molecular weight is 526 g/mol. The van der Waals surface area contributed by atoms with E-state index < -0.39 is 17.8 Å². The van der Waals surface area contributed by atoms with Crippen LogP contribution in [0.25, 0.3) is 0 Å². The number of benzene rings is 2. The van der Waals surface area contributed by atoms with Crippen molar-refractivity contribution in [3.05, 3.63) is 57.7 Å². The Morgan fingerprint density at radius 2 is 1.83 bits per heavy atom. The maximum atomic E-state index is 12.9. The van der Waals surface area contributed by atoms with Crippen molar-refractivity contribution >= 4 is 40.3 Å². The molecule has 2 aromatic rings. The molecule has 0 aliphatic rings. The number of rotatable bonds is 8. The Balaban J connectivity index is 2.05. The lowest BCUT2D eigenvalue weighted by Crippen LogP contribution is -2.35. The van der Waals surface area contributed by atoms with Gasteiger partial charge in [0.05, 0.1) is 13.7 Å². The van der Waals surface area contributed by atoms with Gasteiger partial charge >= 0.3 is 6.09 Å². The minimum atomic E-state index is -0.876. The number of carbonyl (C=O) groups excluding carboxylic acids is 2. The Morgan fingerprint density at radius 1 is 1.10 bits per heavy atom. The molecule has 162 valence electrons. The third-order valence-corrected chi connectivity index (χ3v) is 4.45. The topological polar surface area (TPSA) is 85.9 Å². The summed E-state index contributed by atoms with van der Waals surface area (Å²) in [7, 11) is 1.56. The molecule has 2 rings (SSSR count). The highest BCUT2D eigenvalue weighted by atomic mass is 127. The highest BCUT2D eigenvalue weighted by Gasteiger charge is 2.23. The van der Waals surface area contributed by atoms with Gasteiger partial charge in [-0.1, -0.05) is 18.2 Å². The molecule has 0 spiro atoms. The van der Waals surface area contributed by atoms with Crippen molar-refractivity contribution in [3.8, 4) is 5.75 Å². The molecule has 0 heterocycles. The fourth-order valence-corrected chi connectivity index (χ4v) is 3.09. The summed E-state index contributed by atoms with van der Waals surface area (Å²) in [6.07, 6.45) is -1.41. The van der Waals surface area contributed by atoms with Crippen molar-refractivity contribution in [3.63, 3.8) is 0 Å². The first-order valence-corrected chi connectivity index (χ1v) is 10.5. The minimum Gasteiger partial charge on any atom is -0.497 e. The molecule has 7 nitrogen and oxygen atoms in total. The zero-order valence-corrected chi connectivity index (χ0v) is 19.7. The first kappa shape index (κ1) is 23.9. The number of methoxy groups -OCH3 is 1. The van der Waals surface area contributed by atoms with Crippen molar-refractivity contribution in [2.75, 3.05) is 25.6 Å². The van der Waals surface area contributed by atoms with Gasteiger partial charge in [0, 0.05) is 15.8 Å². The monoisotopic (exact) mass is 526 g/mol. The highest BCUT2D eigenvalue weighted by molar-refractivity contribution is 14.1. The van der Waals surface area contributed by atoms with Crippen LogP contribution >= 0.6 is 22.6 Å². The minimum absolute atomic E-state index is 0.126. The molecule has 8 heteroatoms. The summed E-state index contributed by atoms with van der Waals surface area (Å²) in [4.78, 5) is 24.7. The standard InChI is InChI=1S/C22H27IN2O5/c1-22(2,3)30-21(27)24-11-12-29-19(15-7-5-10-18(13-15)28-4)20(26)25-17-9-6-8-16(23)14-17/h5-10,13-14,19H,11-12H2,1-4H3,(H,24,27)(H,25,26). The molecule has 0 aliphatic carbocycles. The maximum absolute atomic E-state index is 12.9. The van der Waals surface area contributed by atoms with Gasteiger partial charge in [-0.2, -0.15) is 0 Å². The molecule has 0 aliphatic heterocycles.